The quantitative estimate of drug-likeness (QED) is 0.583. The molecule has 0 fully saturated rings. The predicted molar refractivity (Wildman–Crippen MR) is 105 cm³/mol. The molecule has 0 aliphatic heterocycles. The summed E-state index contributed by atoms with van der Waals surface area (Å²) in [5, 5.41) is 8.37. The highest BCUT2D eigenvalue weighted by molar-refractivity contribution is 6.08. The Kier molecular flexibility index (Phi) is 3.90. The fraction of sp³-hybridized carbons (Fsp3) is 0.136. The first-order chi connectivity index (χ1) is 13.7. The minimum absolute atomic E-state index is 0.300. The van der Waals surface area contributed by atoms with Crippen molar-refractivity contribution >= 4 is 22.5 Å². The first kappa shape index (κ1) is 16.6. The van der Waals surface area contributed by atoms with Gasteiger partial charge in [0.2, 0.25) is 0 Å². The number of amides is 1. The van der Waals surface area contributed by atoms with Crippen LogP contribution in [0.1, 0.15) is 28.2 Å². The molecular formula is C22H17FN4O. The van der Waals surface area contributed by atoms with E-state index >= 15 is 0 Å². The highest BCUT2D eigenvalue weighted by atomic mass is 19.1. The van der Waals surface area contributed by atoms with Crippen LogP contribution in [0.4, 0.5) is 10.1 Å². The molecule has 0 radical (unpaired) electrons. The van der Waals surface area contributed by atoms with Gasteiger partial charge in [-0.3, -0.25) is 9.78 Å². The van der Waals surface area contributed by atoms with Crippen LogP contribution in [0.15, 0.2) is 60.8 Å². The standard InChI is InChI=1S/C22H17FN4O/c23-16-9-1-2-11-19(16)27-18-12-4-8-15(18)21(26-27)22(28)25-17-10-3-6-14-7-5-13-24-20(14)17/h1-3,5-7,9-11,13H,4,8,12H2,(H,25,28). The Bertz CT molecular complexity index is 1210. The van der Waals surface area contributed by atoms with Crippen LogP contribution in [0.2, 0.25) is 0 Å². The smallest absolute Gasteiger partial charge is 0.276 e. The number of carbonyl (C=O) groups excluding carboxylic acids is 1. The molecular weight excluding hydrogens is 355 g/mol. The third kappa shape index (κ3) is 2.65. The molecule has 0 bridgehead atoms. The summed E-state index contributed by atoms with van der Waals surface area (Å²) in [4.78, 5) is 17.4. The van der Waals surface area contributed by atoms with Gasteiger partial charge in [-0.25, -0.2) is 9.07 Å². The number of carbonyl (C=O) groups is 1. The monoisotopic (exact) mass is 372 g/mol. The maximum atomic E-state index is 14.3. The largest absolute Gasteiger partial charge is 0.319 e. The molecule has 5 nitrogen and oxygen atoms in total. The fourth-order valence-electron chi connectivity index (χ4n) is 3.83. The van der Waals surface area contributed by atoms with E-state index in [-0.39, 0.29) is 11.7 Å². The summed E-state index contributed by atoms with van der Waals surface area (Å²) in [7, 11) is 0. The van der Waals surface area contributed by atoms with Gasteiger partial charge in [0, 0.05) is 22.8 Å². The molecule has 5 rings (SSSR count). The number of hydrogen-bond donors (Lipinski definition) is 1. The number of benzene rings is 2. The highest BCUT2D eigenvalue weighted by Gasteiger charge is 2.28. The number of fused-ring (bicyclic) bond motifs is 2. The Labute approximate surface area is 160 Å². The molecule has 1 N–H and O–H groups in total. The molecule has 4 aromatic rings. The Hall–Kier alpha value is -3.54. The zero-order valence-electron chi connectivity index (χ0n) is 15.0. The molecule has 0 unspecified atom stereocenters. The van der Waals surface area contributed by atoms with Crippen molar-refractivity contribution in [2.45, 2.75) is 19.3 Å². The lowest BCUT2D eigenvalue weighted by Gasteiger charge is -2.08. The Balaban J connectivity index is 1.56. The first-order valence-corrected chi connectivity index (χ1v) is 9.23. The molecule has 2 heterocycles. The van der Waals surface area contributed by atoms with Gasteiger partial charge in [0.15, 0.2) is 5.69 Å². The van der Waals surface area contributed by atoms with Gasteiger partial charge >= 0.3 is 0 Å². The van der Waals surface area contributed by atoms with Crippen LogP contribution in [0.25, 0.3) is 16.6 Å². The SMILES string of the molecule is O=C(Nc1cccc2cccnc12)c1nn(-c2ccccc2F)c2c1CCC2. The molecule has 0 saturated carbocycles. The van der Waals surface area contributed by atoms with Crippen molar-refractivity contribution < 1.29 is 9.18 Å². The van der Waals surface area contributed by atoms with Crippen molar-refractivity contribution in [3.8, 4) is 5.69 Å². The van der Waals surface area contributed by atoms with E-state index in [4.69, 9.17) is 0 Å². The van der Waals surface area contributed by atoms with E-state index in [1.54, 1.807) is 29.1 Å². The van der Waals surface area contributed by atoms with E-state index < -0.39 is 0 Å². The van der Waals surface area contributed by atoms with E-state index in [2.05, 4.69) is 15.4 Å². The van der Waals surface area contributed by atoms with Crippen molar-refractivity contribution in [2.24, 2.45) is 0 Å². The van der Waals surface area contributed by atoms with E-state index in [1.807, 2.05) is 30.3 Å². The van der Waals surface area contributed by atoms with Gasteiger partial charge in [-0.1, -0.05) is 30.3 Å². The topological polar surface area (TPSA) is 59.8 Å². The number of para-hydroxylation sites is 2. The summed E-state index contributed by atoms with van der Waals surface area (Å²) < 4.78 is 15.9. The second-order valence-electron chi connectivity index (χ2n) is 6.83. The van der Waals surface area contributed by atoms with Crippen molar-refractivity contribution in [1.29, 1.82) is 0 Å². The second kappa shape index (κ2) is 6.56. The molecule has 2 aromatic heterocycles. The summed E-state index contributed by atoms with van der Waals surface area (Å²) in [6.45, 7) is 0. The summed E-state index contributed by atoms with van der Waals surface area (Å²) in [5.74, 6) is -0.656. The maximum absolute atomic E-state index is 14.3. The Morgan fingerprint density at radius 3 is 2.79 bits per heavy atom. The number of aromatic nitrogens is 3. The number of anilines is 1. The third-order valence-electron chi connectivity index (χ3n) is 5.11. The summed E-state index contributed by atoms with van der Waals surface area (Å²) in [6, 6.07) is 15.9. The van der Waals surface area contributed by atoms with Gasteiger partial charge in [0.05, 0.1) is 11.2 Å². The van der Waals surface area contributed by atoms with Crippen molar-refractivity contribution in [3.63, 3.8) is 0 Å². The molecule has 0 atom stereocenters. The predicted octanol–water partition coefficient (Wildman–Crippen LogP) is 4.30. The number of pyridine rings is 1. The zero-order chi connectivity index (χ0) is 19.1. The van der Waals surface area contributed by atoms with Crippen molar-refractivity contribution in [1.82, 2.24) is 14.8 Å². The van der Waals surface area contributed by atoms with Crippen LogP contribution in [-0.2, 0) is 12.8 Å². The summed E-state index contributed by atoms with van der Waals surface area (Å²) >= 11 is 0. The van der Waals surface area contributed by atoms with Crippen molar-refractivity contribution in [2.75, 3.05) is 5.32 Å². The van der Waals surface area contributed by atoms with Gasteiger partial charge in [0.1, 0.15) is 11.5 Å². The lowest BCUT2D eigenvalue weighted by Crippen LogP contribution is -2.15. The minimum atomic E-state index is -0.357. The van der Waals surface area contributed by atoms with Crippen LogP contribution in [0, 0.1) is 5.82 Å². The van der Waals surface area contributed by atoms with Gasteiger partial charge < -0.3 is 5.32 Å². The molecule has 28 heavy (non-hydrogen) atoms. The lowest BCUT2D eigenvalue weighted by molar-refractivity contribution is 0.102. The number of nitrogens with one attached hydrogen (secondary N) is 1. The highest BCUT2D eigenvalue weighted by Crippen LogP contribution is 2.29. The third-order valence-corrected chi connectivity index (χ3v) is 5.11. The maximum Gasteiger partial charge on any atom is 0.276 e. The molecule has 1 amide bonds. The van der Waals surface area contributed by atoms with Crippen LogP contribution in [-0.4, -0.2) is 20.7 Å². The Morgan fingerprint density at radius 1 is 1.04 bits per heavy atom. The van der Waals surface area contributed by atoms with Gasteiger partial charge in [-0.15, -0.1) is 0 Å². The summed E-state index contributed by atoms with van der Waals surface area (Å²) in [5.41, 5.74) is 3.88. The first-order valence-electron chi connectivity index (χ1n) is 9.23. The number of halogens is 1. The Morgan fingerprint density at radius 2 is 1.89 bits per heavy atom. The summed E-state index contributed by atoms with van der Waals surface area (Å²) in [6.07, 6.45) is 4.17. The van der Waals surface area contributed by atoms with Gasteiger partial charge in [-0.05, 0) is 43.5 Å². The fourth-order valence-corrected chi connectivity index (χ4v) is 3.83. The van der Waals surface area contributed by atoms with Crippen LogP contribution < -0.4 is 5.32 Å². The number of hydrogen-bond acceptors (Lipinski definition) is 3. The van der Waals surface area contributed by atoms with E-state index in [1.165, 1.54) is 6.07 Å². The molecule has 138 valence electrons. The van der Waals surface area contributed by atoms with Gasteiger partial charge in [-0.2, -0.15) is 5.10 Å². The molecule has 0 saturated heterocycles. The van der Waals surface area contributed by atoms with Gasteiger partial charge in [0.25, 0.3) is 5.91 Å². The van der Waals surface area contributed by atoms with E-state index in [0.717, 1.165) is 41.4 Å². The lowest BCUT2D eigenvalue weighted by atomic mass is 10.1. The van der Waals surface area contributed by atoms with Crippen LogP contribution in [0.3, 0.4) is 0 Å². The molecule has 1 aliphatic carbocycles. The number of nitrogens with zero attached hydrogens (tertiary/aromatic N) is 3. The normalized spacial score (nSPS) is 12.9. The zero-order valence-corrected chi connectivity index (χ0v) is 15.0. The molecule has 0 spiro atoms. The van der Waals surface area contributed by atoms with Crippen molar-refractivity contribution in [3.05, 3.63) is 83.6 Å². The van der Waals surface area contributed by atoms with Crippen LogP contribution in [0.5, 0.6) is 0 Å². The molecule has 1 aliphatic rings. The van der Waals surface area contributed by atoms with Crippen LogP contribution >= 0.6 is 0 Å². The average molecular weight is 372 g/mol. The molecule has 2 aromatic carbocycles. The van der Waals surface area contributed by atoms with E-state index in [0.29, 0.717) is 17.1 Å². The minimum Gasteiger partial charge on any atom is -0.319 e. The second-order valence-corrected chi connectivity index (χ2v) is 6.83. The number of rotatable bonds is 3. The van der Waals surface area contributed by atoms with E-state index in [9.17, 15) is 9.18 Å². The average Bonchev–Trinajstić information content (AvgIpc) is 3.32. The molecule has 6 heteroatoms.